The molecule has 2 rings (SSSR count). The second-order valence-electron chi connectivity index (χ2n) is 4.72. The van der Waals surface area contributed by atoms with Crippen molar-refractivity contribution in [2.75, 3.05) is 0 Å². The van der Waals surface area contributed by atoms with Gasteiger partial charge in [0.2, 0.25) is 0 Å². The molecule has 0 saturated heterocycles. The van der Waals surface area contributed by atoms with Crippen LogP contribution in [-0.2, 0) is 13.6 Å². The quantitative estimate of drug-likeness (QED) is 0.912. The fourth-order valence-corrected chi connectivity index (χ4v) is 2.73. The van der Waals surface area contributed by atoms with Crippen LogP contribution in [0.1, 0.15) is 19.4 Å². The number of nitrogens with zero attached hydrogens (tertiary/aromatic N) is 2. The molecule has 1 aromatic carbocycles. The first-order chi connectivity index (χ1) is 9.06. The maximum Gasteiger partial charge on any atom is 0.172 e. The van der Waals surface area contributed by atoms with Crippen molar-refractivity contribution < 1.29 is 0 Å². The number of hydrogen-bond acceptors (Lipinski definition) is 3. The maximum absolute atomic E-state index is 6.33. The second-order valence-corrected chi connectivity index (χ2v) is 6.14. The summed E-state index contributed by atoms with van der Waals surface area (Å²) in [6.07, 6.45) is 3.72. The van der Waals surface area contributed by atoms with E-state index in [1.165, 1.54) is 5.56 Å². The zero-order chi connectivity index (χ0) is 13.8. The Morgan fingerprint density at radius 2 is 2.21 bits per heavy atom. The topological polar surface area (TPSA) is 29.9 Å². The Hall–Kier alpha value is -0.970. The molecule has 19 heavy (non-hydrogen) atoms. The normalized spacial score (nSPS) is 11.2. The zero-order valence-electron chi connectivity index (χ0n) is 11.4. The lowest BCUT2D eigenvalue weighted by Gasteiger charge is -2.10. The molecular weight excluding hydrogens is 278 g/mol. The molecule has 0 radical (unpaired) electrons. The van der Waals surface area contributed by atoms with Crippen LogP contribution < -0.4 is 5.32 Å². The van der Waals surface area contributed by atoms with E-state index in [0.29, 0.717) is 6.04 Å². The molecule has 1 N–H and O–H groups in total. The van der Waals surface area contributed by atoms with E-state index < -0.39 is 0 Å². The first kappa shape index (κ1) is 14.4. The smallest absolute Gasteiger partial charge is 0.172 e. The summed E-state index contributed by atoms with van der Waals surface area (Å²) in [5.74, 6) is 0. The number of aryl methyl sites for hydroxylation is 1. The standard InChI is InChI=1S/C14H18ClN3S/c1-10(2)17-9-11-4-5-13(12(15)8-11)19-14-16-6-7-18(14)3/h4-8,10,17H,9H2,1-3H3. The van der Waals surface area contributed by atoms with Gasteiger partial charge in [0, 0.05) is 36.9 Å². The Labute approximate surface area is 123 Å². The average molecular weight is 296 g/mol. The number of imidazole rings is 1. The van der Waals surface area contributed by atoms with Crippen molar-refractivity contribution in [2.24, 2.45) is 7.05 Å². The minimum absolute atomic E-state index is 0.473. The Morgan fingerprint density at radius 3 is 2.79 bits per heavy atom. The molecule has 1 heterocycles. The Balaban J connectivity index is 2.09. The molecule has 1 aromatic heterocycles. The monoisotopic (exact) mass is 295 g/mol. The lowest BCUT2D eigenvalue weighted by atomic mass is 10.2. The average Bonchev–Trinajstić information content (AvgIpc) is 2.75. The summed E-state index contributed by atoms with van der Waals surface area (Å²) < 4.78 is 1.98. The summed E-state index contributed by atoms with van der Waals surface area (Å²) in [7, 11) is 1.98. The summed E-state index contributed by atoms with van der Waals surface area (Å²) in [5, 5.41) is 5.10. The molecule has 0 atom stereocenters. The van der Waals surface area contributed by atoms with E-state index in [1.54, 1.807) is 18.0 Å². The van der Waals surface area contributed by atoms with Crippen LogP contribution in [0.15, 0.2) is 40.6 Å². The SMILES string of the molecule is CC(C)NCc1ccc(Sc2nccn2C)c(Cl)c1. The molecule has 2 aromatic rings. The molecule has 5 heteroatoms. The molecular formula is C14H18ClN3S. The third kappa shape index (κ3) is 4.00. The number of hydrogen-bond donors (Lipinski definition) is 1. The molecule has 0 aliphatic heterocycles. The summed E-state index contributed by atoms with van der Waals surface area (Å²) >= 11 is 7.91. The predicted molar refractivity (Wildman–Crippen MR) is 80.8 cm³/mol. The van der Waals surface area contributed by atoms with Crippen molar-refractivity contribution in [1.82, 2.24) is 14.9 Å². The van der Waals surface area contributed by atoms with E-state index in [9.17, 15) is 0 Å². The lowest BCUT2D eigenvalue weighted by molar-refractivity contribution is 0.588. The predicted octanol–water partition coefficient (Wildman–Crippen LogP) is 3.72. The fraction of sp³-hybridized carbons (Fsp3) is 0.357. The van der Waals surface area contributed by atoms with E-state index in [2.05, 4.69) is 36.3 Å². The first-order valence-corrected chi connectivity index (χ1v) is 7.42. The van der Waals surface area contributed by atoms with E-state index in [1.807, 2.05) is 23.9 Å². The number of aromatic nitrogens is 2. The summed E-state index contributed by atoms with van der Waals surface area (Å²) in [6.45, 7) is 5.10. The molecule has 0 aliphatic carbocycles. The highest BCUT2D eigenvalue weighted by Gasteiger charge is 2.07. The Bertz CT molecular complexity index is 551. The van der Waals surface area contributed by atoms with E-state index in [4.69, 9.17) is 11.6 Å². The van der Waals surface area contributed by atoms with Gasteiger partial charge in [-0.3, -0.25) is 0 Å². The molecule has 0 bridgehead atoms. The van der Waals surface area contributed by atoms with Crippen LogP contribution in [0.3, 0.4) is 0 Å². The molecule has 0 unspecified atom stereocenters. The van der Waals surface area contributed by atoms with Crippen molar-refractivity contribution >= 4 is 23.4 Å². The number of benzene rings is 1. The minimum Gasteiger partial charge on any atom is -0.329 e. The molecule has 102 valence electrons. The van der Waals surface area contributed by atoms with Gasteiger partial charge in [0.25, 0.3) is 0 Å². The maximum atomic E-state index is 6.33. The highest BCUT2D eigenvalue weighted by molar-refractivity contribution is 7.99. The zero-order valence-corrected chi connectivity index (χ0v) is 12.9. The van der Waals surface area contributed by atoms with Crippen molar-refractivity contribution in [3.8, 4) is 0 Å². The highest BCUT2D eigenvalue weighted by Crippen LogP contribution is 2.32. The summed E-state index contributed by atoms with van der Waals surface area (Å²) in [6, 6.07) is 6.65. The largest absolute Gasteiger partial charge is 0.329 e. The molecule has 0 amide bonds. The van der Waals surface area contributed by atoms with Gasteiger partial charge in [-0.15, -0.1) is 0 Å². The third-order valence-electron chi connectivity index (χ3n) is 2.69. The van der Waals surface area contributed by atoms with Gasteiger partial charge in [-0.05, 0) is 17.7 Å². The van der Waals surface area contributed by atoms with Gasteiger partial charge in [0.15, 0.2) is 5.16 Å². The van der Waals surface area contributed by atoms with Crippen molar-refractivity contribution in [3.05, 3.63) is 41.2 Å². The molecule has 3 nitrogen and oxygen atoms in total. The van der Waals surface area contributed by atoms with Gasteiger partial charge in [0.05, 0.1) is 5.02 Å². The number of rotatable bonds is 5. The number of nitrogens with one attached hydrogen (secondary N) is 1. The van der Waals surface area contributed by atoms with Gasteiger partial charge < -0.3 is 9.88 Å². The lowest BCUT2D eigenvalue weighted by Crippen LogP contribution is -2.21. The van der Waals surface area contributed by atoms with Gasteiger partial charge in [-0.1, -0.05) is 43.3 Å². The van der Waals surface area contributed by atoms with Gasteiger partial charge in [0.1, 0.15) is 0 Å². The molecule has 0 fully saturated rings. The van der Waals surface area contributed by atoms with Crippen LogP contribution in [-0.4, -0.2) is 15.6 Å². The van der Waals surface area contributed by atoms with Crippen molar-refractivity contribution in [2.45, 2.75) is 36.5 Å². The van der Waals surface area contributed by atoms with E-state index in [-0.39, 0.29) is 0 Å². The van der Waals surface area contributed by atoms with E-state index in [0.717, 1.165) is 21.6 Å². The van der Waals surface area contributed by atoms with Crippen LogP contribution in [0, 0.1) is 0 Å². The summed E-state index contributed by atoms with van der Waals surface area (Å²) in [4.78, 5) is 5.32. The third-order valence-corrected chi connectivity index (χ3v) is 4.27. The van der Waals surface area contributed by atoms with Gasteiger partial charge in [-0.25, -0.2) is 4.98 Å². The van der Waals surface area contributed by atoms with Crippen LogP contribution >= 0.6 is 23.4 Å². The first-order valence-electron chi connectivity index (χ1n) is 6.23. The minimum atomic E-state index is 0.473. The van der Waals surface area contributed by atoms with E-state index >= 15 is 0 Å². The van der Waals surface area contributed by atoms with Crippen molar-refractivity contribution in [3.63, 3.8) is 0 Å². The molecule has 0 saturated carbocycles. The molecule has 0 aliphatic rings. The van der Waals surface area contributed by atoms with Crippen molar-refractivity contribution in [1.29, 1.82) is 0 Å². The Kier molecular flexibility index (Phi) is 4.91. The number of halogens is 1. The molecule has 0 spiro atoms. The van der Waals surface area contributed by atoms with Gasteiger partial charge in [-0.2, -0.15) is 0 Å². The van der Waals surface area contributed by atoms with Crippen LogP contribution in [0.5, 0.6) is 0 Å². The Morgan fingerprint density at radius 1 is 1.42 bits per heavy atom. The van der Waals surface area contributed by atoms with Crippen LogP contribution in [0.4, 0.5) is 0 Å². The van der Waals surface area contributed by atoms with Crippen LogP contribution in [0.25, 0.3) is 0 Å². The van der Waals surface area contributed by atoms with Gasteiger partial charge >= 0.3 is 0 Å². The highest BCUT2D eigenvalue weighted by atomic mass is 35.5. The van der Waals surface area contributed by atoms with Crippen LogP contribution in [0.2, 0.25) is 5.02 Å². The summed E-state index contributed by atoms with van der Waals surface area (Å²) in [5.41, 5.74) is 1.20. The fourth-order valence-electron chi connectivity index (χ4n) is 1.61. The second kappa shape index (κ2) is 6.46.